The SMILES string of the molecule is O=c1ccc(-c2cnc(OCC(F)(F)F)nc2)nn1Cc1cccc(F)c1F. The largest absolute Gasteiger partial charge is 0.454 e. The standard InChI is InChI=1S/C17H11F5N4O2/c18-12-3-1-2-10(15(12)19)8-26-14(27)5-4-13(25-26)11-6-23-16(24-7-11)28-9-17(20,21)22/h1-7H,8-9H2. The Bertz CT molecular complexity index is 1030. The second kappa shape index (κ2) is 7.71. The van der Waals surface area contributed by atoms with Gasteiger partial charge in [-0.15, -0.1) is 0 Å². The Morgan fingerprint density at radius 3 is 2.43 bits per heavy atom. The number of hydrogen-bond donors (Lipinski definition) is 0. The molecule has 28 heavy (non-hydrogen) atoms. The number of nitrogens with zero attached hydrogens (tertiary/aromatic N) is 4. The second-order valence-electron chi connectivity index (χ2n) is 5.59. The van der Waals surface area contributed by atoms with Gasteiger partial charge in [0.25, 0.3) is 5.56 Å². The summed E-state index contributed by atoms with van der Waals surface area (Å²) >= 11 is 0. The van der Waals surface area contributed by atoms with Crippen molar-refractivity contribution in [2.24, 2.45) is 0 Å². The molecule has 0 aliphatic rings. The van der Waals surface area contributed by atoms with Crippen molar-refractivity contribution in [1.82, 2.24) is 19.7 Å². The zero-order valence-corrected chi connectivity index (χ0v) is 14.0. The number of halogens is 5. The van der Waals surface area contributed by atoms with Crippen LogP contribution in [0.3, 0.4) is 0 Å². The third-order valence-electron chi connectivity index (χ3n) is 3.51. The van der Waals surface area contributed by atoms with Crippen LogP contribution in [0.1, 0.15) is 5.56 Å². The van der Waals surface area contributed by atoms with Gasteiger partial charge in [0.05, 0.1) is 12.2 Å². The molecule has 2 heterocycles. The van der Waals surface area contributed by atoms with Crippen molar-refractivity contribution in [3.8, 4) is 17.3 Å². The van der Waals surface area contributed by atoms with Crippen LogP contribution in [0.15, 0.2) is 47.5 Å². The lowest BCUT2D eigenvalue weighted by Gasteiger charge is -2.09. The molecule has 0 N–H and O–H groups in total. The molecule has 1 aromatic carbocycles. The van der Waals surface area contributed by atoms with Gasteiger partial charge in [-0.1, -0.05) is 12.1 Å². The highest BCUT2D eigenvalue weighted by atomic mass is 19.4. The molecule has 0 saturated heterocycles. The summed E-state index contributed by atoms with van der Waals surface area (Å²) in [5, 5.41) is 4.04. The number of alkyl halides is 3. The minimum Gasteiger partial charge on any atom is -0.454 e. The first-order valence-corrected chi connectivity index (χ1v) is 7.76. The third-order valence-corrected chi connectivity index (χ3v) is 3.51. The quantitative estimate of drug-likeness (QED) is 0.618. The van der Waals surface area contributed by atoms with Crippen molar-refractivity contribution in [1.29, 1.82) is 0 Å². The third kappa shape index (κ3) is 4.67. The Morgan fingerprint density at radius 1 is 1.04 bits per heavy atom. The van der Waals surface area contributed by atoms with Gasteiger partial charge in [0.15, 0.2) is 18.2 Å². The molecule has 0 aliphatic heterocycles. The summed E-state index contributed by atoms with van der Waals surface area (Å²) in [5.74, 6) is -2.14. The molecule has 6 nitrogen and oxygen atoms in total. The Labute approximate surface area is 154 Å². The van der Waals surface area contributed by atoms with Crippen molar-refractivity contribution >= 4 is 0 Å². The molecule has 0 bridgehead atoms. The van der Waals surface area contributed by atoms with E-state index < -0.39 is 36.0 Å². The maximum absolute atomic E-state index is 13.8. The summed E-state index contributed by atoms with van der Waals surface area (Å²) in [6.45, 7) is -1.85. The Hall–Kier alpha value is -3.37. The van der Waals surface area contributed by atoms with E-state index >= 15 is 0 Å². The van der Waals surface area contributed by atoms with Crippen molar-refractivity contribution in [2.75, 3.05) is 6.61 Å². The summed E-state index contributed by atoms with van der Waals surface area (Å²) < 4.78 is 68.8. The van der Waals surface area contributed by atoms with E-state index in [1.165, 1.54) is 30.6 Å². The van der Waals surface area contributed by atoms with Crippen LogP contribution in [0.25, 0.3) is 11.3 Å². The average Bonchev–Trinajstić information content (AvgIpc) is 2.65. The molecule has 0 saturated carbocycles. The summed E-state index contributed by atoms with van der Waals surface area (Å²) in [6, 6.07) is 5.59. The number of ether oxygens (including phenoxy) is 1. The predicted molar refractivity (Wildman–Crippen MR) is 86.5 cm³/mol. The van der Waals surface area contributed by atoms with E-state index in [0.29, 0.717) is 0 Å². The molecule has 0 atom stereocenters. The van der Waals surface area contributed by atoms with Crippen molar-refractivity contribution in [2.45, 2.75) is 12.7 Å². The number of hydrogen-bond acceptors (Lipinski definition) is 5. The van der Waals surface area contributed by atoms with Gasteiger partial charge in [-0.3, -0.25) is 4.79 Å². The van der Waals surface area contributed by atoms with Crippen molar-refractivity contribution in [3.63, 3.8) is 0 Å². The second-order valence-corrected chi connectivity index (χ2v) is 5.59. The van der Waals surface area contributed by atoms with E-state index in [9.17, 15) is 26.7 Å². The molecule has 11 heteroatoms. The molecule has 2 aromatic heterocycles. The van der Waals surface area contributed by atoms with Gasteiger partial charge in [-0.05, 0) is 12.1 Å². The van der Waals surface area contributed by atoms with Crippen LogP contribution in [-0.2, 0) is 6.54 Å². The summed E-state index contributed by atoms with van der Waals surface area (Å²) in [4.78, 5) is 19.3. The lowest BCUT2D eigenvalue weighted by atomic mass is 10.2. The fraction of sp³-hybridized carbons (Fsp3) is 0.176. The van der Waals surface area contributed by atoms with Gasteiger partial charge in [0.2, 0.25) is 0 Å². The first-order chi connectivity index (χ1) is 13.2. The number of rotatable bonds is 5. The van der Waals surface area contributed by atoms with Crippen LogP contribution in [0.5, 0.6) is 6.01 Å². The predicted octanol–water partition coefficient (Wildman–Crippen LogP) is 2.97. The lowest BCUT2D eigenvalue weighted by Crippen LogP contribution is -2.23. The van der Waals surface area contributed by atoms with Gasteiger partial charge < -0.3 is 4.74 Å². The summed E-state index contributed by atoms with van der Waals surface area (Å²) in [6.07, 6.45) is -2.19. The monoisotopic (exact) mass is 398 g/mol. The van der Waals surface area contributed by atoms with E-state index in [4.69, 9.17) is 0 Å². The minimum absolute atomic E-state index is 0.0705. The Balaban J connectivity index is 1.83. The zero-order chi connectivity index (χ0) is 20.3. The van der Waals surface area contributed by atoms with E-state index in [1.807, 2.05) is 0 Å². The van der Waals surface area contributed by atoms with Crippen LogP contribution in [0.2, 0.25) is 0 Å². The van der Waals surface area contributed by atoms with Gasteiger partial charge in [0.1, 0.15) is 0 Å². The zero-order valence-electron chi connectivity index (χ0n) is 14.0. The maximum Gasteiger partial charge on any atom is 0.422 e. The van der Waals surface area contributed by atoms with E-state index in [2.05, 4.69) is 19.8 Å². The summed E-state index contributed by atoms with van der Waals surface area (Å²) in [5.41, 5.74) is -0.135. The molecule has 0 amide bonds. The van der Waals surface area contributed by atoms with Gasteiger partial charge >= 0.3 is 12.2 Å². The van der Waals surface area contributed by atoms with Crippen LogP contribution in [0, 0.1) is 11.6 Å². The number of benzene rings is 1. The van der Waals surface area contributed by atoms with Crippen LogP contribution >= 0.6 is 0 Å². The van der Waals surface area contributed by atoms with Gasteiger partial charge in [0, 0.05) is 29.6 Å². The molecule has 0 unspecified atom stereocenters. The molecule has 3 aromatic rings. The first kappa shape index (κ1) is 19.4. The Morgan fingerprint density at radius 2 is 1.75 bits per heavy atom. The summed E-state index contributed by atoms with van der Waals surface area (Å²) in [7, 11) is 0. The fourth-order valence-electron chi connectivity index (χ4n) is 2.22. The van der Waals surface area contributed by atoms with Crippen molar-refractivity contribution in [3.05, 3.63) is 70.3 Å². The molecular weight excluding hydrogens is 387 g/mol. The van der Waals surface area contributed by atoms with Crippen molar-refractivity contribution < 1.29 is 26.7 Å². The molecule has 0 aliphatic carbocycles. The van der Waals surface area contributed by atoms with Crippen LogP contribution in [-0.4, -0.2) is 32.5 Å². The smallest absolute Gasteiger partial charge is 0.422 e. The fourth-order valence-corrected chi connectivity index (χ4v) is 2.22. The number of aromatic nitrogens is 4. The molecule has 0 spiro atoms. The molecular formula is C17H11F5N4O2. The van der Waals surface area contributed by atoms with Gasteiger partial charge in [-0.2, -0.15) is 18.3 Å². The van der Waals surface area contributed by atoms with Gasteiger partial charge in [-0.25, -0.2) is 23.4 Å². The molecule has 0 radical (unpaired) electrons. The molecule has 3 rings (SSSR count). The first-order valence-electron chi connectivity index (χ1n) is 7.76. The lowest BCUT2D eigenvalue weighted by molar-refractivity contribution is -0.154. The highest BCUT2D eigenvalue weighted by Gasteiger charge is 2.28. The normalized spacial score (nSPS) is 11.5. The van der Waals surface area contributed by atoms with E-state index in [0.717, 1.165) is 16.8 Å². The van der Waals surface area contributed by atoms with E-state index in [1.54, 1.807) is 0 Å². The van der Waals surface area contributed by atoms with E-state index in [-0.39, 0.29) is 23.4 Å². The maximum atomic E-state index is 13.8. The highest BCUT2D eigenvalue weighted by Crippen LogP contribution is 2.18. The Kier molecular flexibility index (Phi) is 5.34. The van der Waals surface area contributed by atoms with Crippen LogP contribution < -0.4 is 10.3 Å². The minimum atomic E-state index is -4.52. The van der Waals surface area contributed by atoms with Crippen LogP contribution in [0.4, 0.5) is 22.0 Å². The molecule has 146 valence electrons. The molecule has 0 fully saturated rings. The highest BCUT2D eigenvalue weighted by molar-refractivity contribution is 5.55. The average molecular weight is 398 g/mol. The topological polar surface area (TPSA) is 69.9 Å².